The van der Waals surface area contributed by atoms with E-state index in [0.29, 0.717) is 11.1 Å². The second-order valence-electron chi connectivity index (χ2n) is 7.81. The van der Waals surface area contributed by atoms with E-state index in [1.54, 1.807) is 18.2 Å². The lowest BCUT2D eigenvalue weighted by Gasteiger charge is -2.28. The lowest BCUT2D eigenvalue weighted by Crippen LogP contribution is -2.30. The molecule has 31 heavy (non-hydrogen) atoms. The molecule has 160 valence electrons. The maximum Gasteiger partial charge on any atom is 0.416 e. The van der Waals surface area contributed by atoms with Crippen molar-refractivity contribution < 1.29 is 18.0 Å². The van der Waals surface area contributed by atoms with Gasteiger partial charge >= 0.3 is 6.18 Å². The lowest BCUT2D eigenvalue weighted by atomic mass is 9.99. The third-order valence-corrected chi connectivity index (χ3v) is 5.54. The van der Waals surface area contributed by atoms with Crippen LogP contribution in [0.2, 0.25) is 0 Å². The molecular weight excluding hydrogens is 401 g/mol. The minimum absolute atomic E-state index is 0.0394. The highest BCUT2D eigenvalue weighted by Gasteiger charge is 2.30. The van der Waals surface area contributed by atoms with Crippen LogP contribution in [-0.4, -0.2) is 17.4 Å². The Morgan fingerprint density at radius 3 is 2.39 bits per heavy atom. The van der Waals surface area contributed by atoms with Gasteiger partial charge < -0.3 is 5.32 Å². The van der Waals surface area contributed by atoms with Crippen molar-refractivity contribution in [2.45, 2.75) is 32.2 Å². The van der Waals surface area contributed by atoms with Crippen molar-refractivity contribution in [1.29, 1.82) is 0 Å². The summed E-state index contributed by atoms with van der Waals surface area (Å²) in [5.41, 5.74) is 4.06. The first-order chi connectivity index (χ1) is 14.9. The standard InChI is InChI=1S/C25H23F3N2O/c26-25(27,28)23-7-3-4-19(14-23)15-29-24(31)21-10-8-18(9-11-21)16-30-13-12-20-5-1-2-6-22(20)17-30/h1-11,14H,12-13,15-17H2,(H,29,31). The van der Waals surface area contributed by atoms with Crippen LogP contribution in [0.5, 0.6) is 0 Å². The van der Waals surface area contributed by atoms with Gasteiger partial charge in [-0.1, -0.05) is 48.5 Å². The van der Waals surface area contributed by atoms with Crippen molar-refractivity contribution >= 4 is 5.91 Å². The van der Waals surface area contributed by atoms with Gasteiger partial charge in [-0.15, -0.1) is 0 Å². The van der Waals surface area contributed by atoms with E-state index in [1.165, 1.54) is 17.2 Å². The normalized spacial score (nSPS) is 14.2. The topological polar surface area (TPSA) is 32.3 Å². The highest BCUT2D eigenvalue weighted by molar-refractivity contribution is 5.94. The molecule has 3 aromatic rings. The van der Waals surface area contributed by atoms with Crippen molar-refractivity contribution in [3.05, 3.63) is 106 Å². The fourth-order valence-corrected chi connectivity index (χ4v) is 3.85. The van der Waals surface area contributed by atoms with Crippen molar-refractivity contribution in [2.24, 2.45) is 0 Å². The Labute approximate surface area is 179 Å². The molecule has 0 unspecified atom stereocenters. The number of nitrogens with zero attached hydrogens (tertiary/aromatic N) is 1. The second kappa shape index (κ2) is 8.94. The van der Waals surface area contributed by atoms with Crippen LogP contribution in [0, 0.1) is 0 Å². The van der Waals surface area contributed by atoms with Gasteiger partial charge in [0.1, 0.15) is 0 Å². The largest absolute Gasteiger partial charge is 0.416 e. The predicted molar refractivity (Wildman–Crippen MR) is 113 cm³/mol. The van der Waals surface area contributed by atoms with Crippen molar-refractivity contribution in [3.63, 3.8) is 0 Å². The Hall–Kier alpha value is -3.12. The highest BCUT2D eigenvalue weighted by atomic mass is 19.4. The predicted octanol–water partition coefficient (Wildman–Crippen LogP) is 5.19. The Morgan fingerprint density at radius 1 is 0.903 bits per heavy atom. The van der Waals surface area contributed by atoms with Gasteiger partial charge in [0.15, 0.2) is 0 Å². The first kappa shape index (κ1) is 21.1. The zero-order chi connectivity index (χ0) is 21.8. The molecule has 0 aromatic heterocycles. The van der Waals surface area contributed by atoms with Crippen LogP contribution < -0.4 is 5.32 Å². The minimum atomic E-state index is -4.40. The van der Waals surface area contributed by atoms with E-state index in [1.807, 2.05) is 12.1 Å². The number of carbonyl (C=O) groups excluding carboxylic acids is 1. The number of halogens is 3. The molecule has 0 bridgehead atoms. The number of fused-ring (bicyclic) bond motifs is 1. The van der Waals surface area contributed by atoms with E-state index >= 15 is 0 Å². The van der Waals surface area contributed by atoms with Crippen LogP contribution in [0.3, 0.4) is 0 Å². The smallest absolute Gasteiger partial charge is 0.348 e. The van der Waals surface area contributed by atoms with E-state index in [0.717, 1.165) is 43.8 Å². The molecule has 1 N–H and O–H groups in total. The number of benzene rings is 3. The number of alkyl halides is 3. The summed E-state index contributed by atoms with van der Waals surface area (Å²) in [4.78, 5) is 14.8. The summed E-state index contributed by atoms with van der Waals surface area (Å²) in [5, 5.41) is 2.69. The molecule has 1 heterocycles. The first-order valence-corrected chi connectivity index (χ1v) is 10.2. The molecule has 0 saturated heterocycles. The third-order valence-electron chi connectivity index (χ3n) is 5.54. The Morgan fingerprint density at radius 2 is 1.65 bits per heavy atom. The molecule has 0 atom stereocenters. The fraction of sp³-hybridized carbons (Fsp3) is 0.240. The molecule has 1 aliphatic rings. The number of hydrogen-bond acceptors (Lipinski definition) is 2. The van der Waals surface area contributed by atoms with Gasteiger partial charge in [0.25, 0.3) is 5.91 Å². The SMILES string of the molecule is O=C(NCc1cccc(C(F)(F)F)c1)c1ccc(CN2CCc3ccccc3C2)cc1. The summed E-state index contributed by atoms with van der Waals surface area (Å²) >= 11 is 0. The third kappa shape index (κ3) is 5.33. The molecule has 1 aliphatic heterocycles. The van der Waals surface area contributed by atoms with Crippen LogP contribution in [0.25, 0.3) is 0 Å². The second-order valence-corrected chi connectivity index (χ2v) is 7.81. The maximum absolute atomic E-state index is 12.8. The minimum Gasteiger partial charge on any atom is -0.348 e. The maximum atomic E-state index is 12.8. The molecule has 0 radical (unpaired) electrons. The Balaban J connectivity index is 1.33. The highest BCUT2D eigenvalue weighted by Crippen LogP contribution is 2.29. The van der Waals surface area contributed by atoms with Gasteiger partial charge in [-0.3, -0.25) is 9.69 Å². The molecular formula is C25H23F3N2O. The van der Waals surface area contributed by atoms with E-state index in [2.05, 4.69) is 34.5 Å². The Bertz CT molecular complexity index is 1060. The van der Waals surface area contributed by atoms with E-state index in [-0.39, 0.29) is 12.5 Å². The Kier molecular flexibility index (Phi) is 6.09. The zero-order valence-corrected chi connectivity index (χ0v) is 17.0. The molecule has 4 rings (SSSR count). The average molecular weight is 424 g/mol. The summed E-state index contributed by atoms with van der Waals surface area (Å²) in [6, 6.07) is 20.8. The van der Waals surface area contributed by atoms with Gasteiger partial charge in [-0.25, -0.2) is 0 Å². The van der Waals surface area contributed by atoms with E-state index < -0.39 is 11.7 Å². The monoisotopic (exact) mass is 424 g/mol. The van der Waals surface area contributed by atoms with Gasteiger partial charge in [0, 0.05) is 31.7 Å². The van der Waals surface area contributed by atoms with Crippen molar-refractivity contribution in [2.75, 3.05) is 6.54 Å². The molecule has 0 spiro atoms. The van der Waals surface area contributed by atoms with Gasteiger partial charge in [0.05, 0.1) is 5.56 Å². The lowest BCUT2D eigenvalue weighted by molar-refractivity contribution is -0.137. The van der Waals surface area contributed by atoms with Gasteiger partial charge in [-0.2, -0.15) is 13.2 Å². The number of carbonyl (C=O) groups is 1. The quantitative estimate of drug-likeness (QED) is 0.611. The van der Waals surface area contributed by atoms with E-state index in [4.69, 9.17) is 0 Å². The van der Waals surface area contributed by atoms with Gasteiger partial charge in [-0.05, 0) is 52.9 Å². The van der Waals surface area contributed by atoms with Crippen LogP contribution in [0.4, 0.5) is 13.2 Å². The number of nitrogens with one attached hydrogen (secondary N) is 1. The average Bonchev–Trinajstić information content (AvgIpc) is 2.77. The van der Waals surface area contributed by atoms with Crippen molar-refractivity contribution in [3.8, 4) is 0 Å². The first-order valence-electron chi connectivity index (χ1n) is 10.2. The summed E-state index contributed by atoms with van der Waals surface area (Å²) < 4.78 is 38.5. The molecule has 6 heteroatoms. The van der Waals surface area contributed by atoms with E-state index in [9.17, 15) is 18.0 Å². The molecule has 3 nitrogen and oxygen atoms in total. The van der Waals surface area contributed by atoms with Crippen LogP contribution in [-0.2, 0) is 32.2 Å². The molecule has 3 aromatic carbocycles. The van der Waals surface area contributed by atoms with Crippen LogP contribution >= 0.6 is 0 Å². The molecule has 0 aliphatic carbocycles. The summed E-state index contributed by atoms with van der Waals surface area (Å²) in [5.74, 6) is -0.309. The van der Waals surface area contributed by atoms with Crippen molar-refractivity contribution in [1.82, 2.24) is 10.2 Å². The molecule has 0 saturated carbocycles. The zero-order valence-electron chi connectivity index (χ0n) is 17.0. The number of rotatable bonds is 5. The summed E-state index contributed by atoms with van der Waals surface area (Å²) in [6.07, 6.45) is -3.36. The fourth-order valence-electron chi connectivity index (χ4n) is 3.85. The molecule has 1 amide bonds. The van der Waals surface area contributed by atoms with Gasteiger partial charge in [0.2, 0.25) is 0 Å². The van der Waals surface area contributed by atoms with Crippen LogP contribution in [0.15, 0.2) is 72.8 Å². The number of hydrogen-bond donors (Lipinski definition) is 1. The summed E-state index contributed by atoms with van der Waals surface area (Å²) in [7, 11) is 0. The van der Waals surface area contributed by atoms with Crippen LogP contribution in [0.1, 0.15) is 38.2 Å². The number of amides is 1. The summed E-state index contributed by atoms with van der Waals surface area (Å²) in [6.45, 7) is 2.75. The molecule has 0 fully saturated rings.